The summed E-state index contributed by atoms with van der Waals surface area (Å²) in [6.07, 6.45) is 5.81. The van der Waals surface area contributed by atoms with Gasteiger partial charge in [0.05, 0.1) is 17.7 Å². The second-order valence-corrected chi connectivity index (χ2v) is 6.04. The van der Waals surface area contributed by atoms with Crippen molar-refractivity contribution < 1.29 is 5.11 Å². The van der Waals surface area contributed by atoms with Gasteiger partial charge in [0.25, 0.3) is 0 Å². The zero-order valence-corrected chi connectivity index (χ0v) is 12.2. The molecule has 1 fully saturated rings. The number of hydrogen-bond acceptors (Lipinski definition) is 3. The van der Waals surface area contributed by atoms with E-state index in [-0.39, 0.29) is 12.1 Å². The van der Waals surface area contributed by atoms with Gasteiger partial charge >= 0.3 is 0 Å². The summed E-state index contributed by atoms with van der Waals surface area (Å²) in [6.45, 7) is 0. The van der Waals surface area contributed by atoms with Crippen LogP contribution in [-0.2, 0) is 0 Å². The van der Waals surface area contributed by atoms with Crippen molar-refractivity contribution in [2.45, 2.75) is 37.8 Å². The molecule has 2 aromatic rings. The number of aromatic nitrogens is 1. The number of nitrogens with zero attached hydrogens (tertiary/aromatic N) is 1. The van der Waals surface area contributed by atoms with E-state index in [1.807, 2.05) is 24.4 Å². The van der Waals surface area contributed by atoms with Gasteiger partial charge in [-0.05, 0) is 37.1 Å². The molecular formula is C15H17BrN2O. The lowest BCUT2D eigenvalue weighted by Crippen LogP contribution is -2.36. The molecule has 0 saturated heterocycles. The zero-order chi connectivity index (χ0) is 13.2. The van der Waals surface area contributed by atoms with E-state index in [1.54, 1.807) is 0 Å². The Morgan fingerprint density at radius 1 is 1.21 bits per heavy atom. The molecule has 1 aromatic heterocycles. The number of aliphatic hydroxyl groups is 1. The lowest BCUT2D eigenvalue weighted by atomic mass is 9.92. The molecule has 2 N–H and O–H groups in total. The minimum atomic E-state index is -0.243. The number of fused-ring (bicyclic) bond motifs is 1. The average molecular weight is 321 g/mol. The van der Waals surface area contributed by atoms with Gasteiger partial charge in [0.15, 0.2) is 0 Å². The van der Waals surface area contributed by atoms with E-state index in [9.17, 15) is 5.11 Å². The van der Waals surface area contributed by atoms with Gasteiger partial charge in [-0.2, -0.15) is 0 Å². The number of aliphatic hydroxyl groups excluding tert-OH is 1. The predicted molar refractivity (Wildman–Crippen MR) is 81.3 cm³/mol. The monoisotopic (exact) mass is 320 g/mol. The first-order valence-corrected chi connectivity index (χ1v) is 7.52. The van der Waals surface area contributed by atoms with E-state index >= 15 is 0 Å². The Morgan fingerprint density at radius 3 is 2.89 bits per heavy atom. The molecule has 0 bridgehead atoms. The van der Waals surface area contributed by atoms with Crippen molar-refractivity contribution in [3.63, 3.8) is 0 Å². The van der Waals surface area contributed by atoms with Crippen molar-refractivity contribution in [2.24, 2.45) is 0 Å². The third-order valence-electron chi connectivity index (χ3n) is 3.78. The zero-order valence-electron chi connectivity index (χ0n) is 10.6. The summed E-state index contributed by atoms with van der Waals surface area (Å²) in [5, 5.41) is 14.6. The number of anilines is 1. The quantitative estimate of drug-likeness (QED) is 0.886. The third kappa shape index (κ3) is 2.74. The van der Waals surface area contributed by atoms with Crippen LogP contribution in [0.15, 0.2) is 34.9 Å². The maximum atomic E-state index is 10.1. The van der Waals surface area contributed by atoms with Gasteiger partial charge < -0.3 is 10.4 Å². The summed E-state index contributed by atoms with van der Waals surface area (Å²) in [4.78, 5) is 4.38. The molecule has 0 unspecified atom stereocenters. The van der Waals surface area contributed by atoms with Crippen LogP contribution in [0.3, 0.4) is 0 Å². The molecule has 1 aliphatic rings. The first-order valence-electron chi connectivity index (χ1n) is 6.73. The molecule has 0 radical (unpaired) electrons. The van der Waals surface area contributed by atoms with Crippen LogP contribution in [0.5, 0.6) is 0 Å². The van der Waals surface area contributed by atoms with E-state index in [0.717, 1.165) is 40.3 Å². The maximum absolute atomic E-state index is 10.1. The van der Waals surface area contributed by atoms with Gasteiger partial charge in [-0.3, -0.25) is 4.98 Å². The fourth-order valence-electron chi connectivity index (χ4n) is 2.73. The molecule has 100 valence electrons. The fraction of sp³-hybridized carbons (Fsp3) is 0.400. The Labute approximate surface area is 121 Å². The molecule has 3 nitrogen and oxygen atoms in total. The normalized spacial score (nSPS) is 23.5. The van der Waals surface area contributed by atoms with Crippen LogP contribution < -0.4 is 5.32 Å². The molecule has 1 aromatic carbocycles. The molecule has 19 heavy (non-hydrogen) atoms. The maximum Gasteiger partial charge on any atom is 0.0741 e. The van der Waals surface area contributed by atoms with Crippen molar-refractivity contribution in [3.8, 4) is 0 Å². The number of rotatable bonds is 2. The molecule has 1 aliphatic carbocycles. The van der Waals surface area contributed by atoms with Gasteiger partial charge in [-0.1, -0.05) is 28.8 Å². The summed E-state index contributed by atoms with van der Waals surface area (Å²) in [7, 11) is 0. The second-order valence-electron chi connectivity index (χ2n) is 5.12. The summed E-state index contributed by atoms with van der Waals surface area (Å²) in [6, 6.07) is 8.23. The van der Waals surface area contributed by atoms with E-state index in [1.165, 1.54) is 6.42 Å². The smallest absolute Gasteiger partial charge is 0.0741 e. The standard InChI is InChI=1S/C15H17BrN2O/c16-10-5-6-11-12(7-8-17-14(11)9-10)18-13-3-1-2-4-15(13)19/h5-9,13,15,19H,1-4H2,(H,17,18)/t13-,15-/m0/s1. The van der Waals surface area contributed by atoms with E-state index in [2.05, 4.69) is 32.3 Å². The van der Waals surface area contributed by atoms with Gasteiger partial charge in [0.2, 0.25) is 0 Å². The van der Waals surface area contributed by atoms with Crippen LogP contribution in [0, 0.1) is 0 Å². The van der Waals surface area contributed by atoms with Crippen LogP contribution in [0.4, 0.5) is 5.69 Å². The molecule has 4 heteroatoms. The van der Waals surface area contributed by atoms with Crippen LogP contribution in [0.25, 0.3) is 10.9 Å². The summed E-state index contributed by atoms with van der Waals surface area (Å²) >= 11 is 3.46. The Morgan fingerprint density at radius 2 is 2.05 bits per heavy atom. The second kappa shape index (κ2) is 5.47. The van der Waals surface area contributed by atoms with Crippen molar-refractivity contribution in [1.29, 1.82) is 0 Å². The van der Waals surface area contributed by atoms with E-state index in [0.29, 0.717) is 0 Å². The average Bonchev–Trinajstić information content (AvgIpc) is 2.41. The number of hydrogen-bond donors (Lipinski definition) is 2. The summed E-state index contributed by atoms with van der Waals surface area (Å²) in [5.41, 5.74) is 2.02. The van der Waals surface area contributed by atoms with Crippen LogP contribution in [0.1, 0.15) is 25.7 Å². The predicted octanol–water partition coefficient (Wildman–Crippen LogP) is 3.71. The van der Waals surface area contributed by atoms with Gasteiger partial charge in [0, 0.05) is 21.7 Å². The van der Waals surface area contributed by atoms with Crippen molar-refractivity contribution in [1.82, 2.24) is 4.98 Å². The molecular weight excluding hydrogens is 304 g/mol. The van der Waals surface area contributed by atoms with Crippen molar-refractivity contribution in [2.75, 3.05) is 5.32 Å². The highest BCUT2D eigenvalue weighted by Crippen LogP contribution is 2.28. The number of nitrogens with one attached hydrogen (secondary N) is 1. The van der Waals surface area contributed by atoms with E-state index < -0.39 is 0 Å². The lowest BCUT2D eigenvalue weighted by Gasteiger charge is -2.29. The minimum absolute atomic E-state index is 0.156. The largest absolute Gasteiger partial charge is 0.391 e. The van der Waals surface area contributed by atoms with Gasteiger partial charge in [-0.15, -0.1) is 0 Å². The number of benzene rings is 1. The first-order chi connectivity index (χ1) is 9.24. The highest BCUT2D eigenvalue weighted by Gasteiger charge is 2.23. The highest BCUT2D eigenvalue weighted by molar-refractivity contribution is 9.10. The number of pyridine rings is 1. The van der Waals surface area contributed by atoms with Crippen LogP contribution in [0.2, 0.25) is 0 Å². The minimum Gasteiger partial charge on any atom is -0.391 e. The number of halogens is 1. The van der Waals surface area contributed by atoms with Gasteiger partial charge in [0.1, 0.15) is 0 Å². The molecule has 3 rings (SSSR count). The molecule has 1 saturated carbocycles. The molecule has 0 spiro atoms. The van der Waals surface area contributed by atoms with Crippen LogP contribution >= 0.6 is 15.9 Å². The Hall–Kier alpha value is -1.13. The summed E-state index contributed by atoms with van der Waals surface area (Å²) in [5.74, 6) is 0. The molecule has 0 amide bonds. The van der Waals surface area contributed by atoms with Crippen LogP contribution in [-0.4, -0.2) is 22.2 Å². The highest BCUT2D eigenvalue weighted by atomic mass is 79.9. The molecule has 2 atom stereocenters. The summed E-state index contributed by atoms with van der Waals surface area (Å²) < 4.78 is 1.03. The lowest BCUT2D eigenvalue weighted by molar-refractivity contribution is 0.116. The SMILES string of the molecule is O[C@H]1CCCC[C@@H]1Nc1ccnc2cc(Br)ccc12. The van der Waals surface area contributed by atoms with Crippen molar-refractivity contribution in [3.05, 3.63) is 34.9 Å². The van der Waals surface area contributed by atoms with Gasteiger partial charge in [-0.25, -0.2) is 0 Å². The fourth-order valence-corrected chi connectivity index (χ4v) is 3.08. The molecule has 0 aliphatic heterocycles. The van der Waals surface area contributed by atoms with Crippen molar-refractivity contribution >= 4 is 32.5 Å². The molecule has 1 heterocycles. The topological polar surface area (TPSA) is 45.1 Å². The Balaban J connectivity index is 1.92. The first kappa shape index (κ1) is 12.9. The Bertz CT molecular complexity index is 587. The van der Waals surface area contributed by atoms with E-state index in [4.69, 9.17) is 0 Å². The Kier molecular flexibility index (Phi) is 3.71. The third-order valence-corrected chi connectivity index (χ3v) is 4.27.